The number of hydrogen-bond acceptors (Lipinski definition) is 6. The molecule has 0 bridgehead atoms. The lowest BCUT2D eigenvalue weighted by molar-refractivity contribution is -0.124. The fourth-order valence-electron chi connectivity index (χ4n) is 4.40. The van der Waals surface area contributed by atoms with E-state index in [9.17, 15) is 4.79 Å². The van der Waals surface area contributed by atoms with Crippen molar-refractivity contribution in [1.29, 1.82) is 0 Å². The van der Waals surface area contributed by atoms with E-state index in [2.05, 4.69) is 4.90 Å². The van der Waals surface area contributed by atoms with Gasteiger partial charge in [-0.05, 0) is 54.9 Å². The zero-order valence-corrected chi connectivity index (χ0v) is 20.4. The first-order valence-electron chi connectivity index (χ1n) is 10.8. The van der Waals surface area contributed by atoms with Crippen LogP contribution in [0.25, 0.3) is 0 Å². The number of amidine groups is 1. The highest BCUT2D eigenvalue weighted by Crippen LogP contribution is 2.51. The molecule has 3 aliphatic rings. The van der Waals surface area contributed by atoms with Crippen LogP contribution < -0.4 is 9.64 Å². The summed E-state index contributed by atoms with van der Waals surface area (Å²) in [6, 6.07) is 13.7. The Labute approximate surface area is 201 Å². The number of hydrogen-bond donors (Lipinski definition) is 0. The largest absolute Gasteiger partial charge is 0.494 e. The van der Waals surface area contributed by atoms with Gasteiger partial charge in [-0.1, -0.05) is 54.8 Å². The number of amides is 1. The zero-order chi connectivity index (χ0) is 22.2. The second-order valence-corrected chi connectivity index (χ2v) is 10.5. The first-order chi connectivity index (χ1) is 15.6. The van der Waals surface area contributed by atoms with E-state index in [1.807, 2.05) is 54.4 Å². The number of ether oxygens (including phenoxy) is 1. The van der Waals surface area contributed by atoms with E-state index in [4.69, 9.17) is 21.3 Å². The van der Waals surface area contributed by atoms with E-state index >= 15 is 0 Å². The molecule has 2 fully saturated rings. The van der Waals surface area contributed by atoms with Crippen LogP contribution in [0, 0.1) is 0 Å². The summed E-state index contributed by atoms with van der Waals surface area (Å²) >= 11 is 9.31. The Balaban J connectivity index is 1.57. The van der Waals surface area contributed by atoms with Crippen LogP contribution in [0.3, 0.4) is 0 Å². The van der Waals surface area contributed by atoms with Gasteiger partial charge < -0.3 is 9.64 Å². The van der Waals surface area contributed by atoms with Crippen molar-refractivity contribution in [3.05, 3.63) is 57.4 Å². The number of fused-ring (bicyclic) bond motifs is 1. The molecule has 166 valence electrons. The summed E-state index contributed by atoms with van der Waals surface area (Å²) in [5.74, 6) is 0.746. The fraction of sp³-hybridized carbons (Fsp3) is 0.333. The van der Waals surface area contributed by atoms with Crippen LogP contribution in [0.1, 0.15) is 32.1 Å². The third-order valence-corrected chi connectivity index (χ3v) is 8.68. The molecule has 0 spiro atoms. The number of carbonyl (C=O) groups is 1. The molecule has 32 heavy (non-hydrogen) atoms. The number of benzene rings is 2. The molecule has 5 rings (SSSR count). The lowest BCUT2D eigenvalue weighted by Crippen LogP contribution is -2.40. The normalized spacial score (nSPS) is 22.7. The number of anilines is 1. The number of halogens is 1. The van der Waals surface area contributed by atoms with Gasteiger partial charge in [0.1, 0.15) is 16.3 Å². The lowest BCUT2D eigenvalue weighted by atomic mass is 9.94. The van der Waals surface area contributed by atoms with E-state index in [1.165, 1.54) is 18.2 Å². The summed E-state index contributed by atoms with van der Waals surface area (Å²) in [6.45, 7) is 0. The fourth-order valence-corrected chi connectivity index (χ4v) is 6.94. The number of thioether (sulfide) groups is 2. The van der Waals surface area contributed by atoms with E-state index in [0.29, 0.717) is 10.8 Å². The second-order valence-electron chi connectivity index (χ2n) is 8.04. The zero-order valence-electron chi connectivity index (χ0n) is 18.0. The van der Waals surface area contributed by atoms with Crippen molar-refractivity contribution in [3.63, 3.8) is 0 Å². The highest BCUT2D eigenvalue weighted by atomic mass is 35.5. The molecule has 0 atom stereocenters. The van der Waals surface area contributed by atoms with Gasteiger partial charge in [0.2, 0.25) is 0 Å². The molecule has 2 aliphatic heterocycles. The minimum Gasteiger partial charge on any atom is -0.494 e. The first-order valence-corrected chi connectivity index (χ1v) is 12.8. The van der Waals surface area contributed by atoms with Crippen LogP contribution in [0.15, 0.2) is 62.3 Å². The van der Waals surface area contributed by atoms with Gasteiger partial charge in [0, 0.05) is 23.0 Å². The molecule has 2 aromatic rings. The Morgan fingerprint density at radius 2 is 1.88 bits per heavy atom. The molecule has 8 heteroatoms. The average Bonchev–Trinajstić information content (AvgIpc) is 3.30. The maximum Gasteiger partial charge on any atom is 0.269 e. The van der Waals surface area contributed by atoms with Gasteiger partial charge in [0.05, 0.1) is 17.8 Å². The molecule has 1 saturated carbocycles. The van der Waals surface area contributed by atoms with E-state index in [1.54, 1.807) is 18.9 Å². The highest BCUT2D eigenvalue weighted by molar-refractivity contribution is 8.19. The van der Waals surface area contributed by atoms with Crippen molar-refractivity contribution in [2.75, 3.05) is 19.1 Å². The molecular formula is C24H24ClN3O2S2. The molecule has 1 aliphatic carbocycles. The highest BCUT2D eigenvalue weighted by Gasteiger charge is 2.42. The summed E-state index contributed by atoms with van der Waals surface area (Å²) < 4.78 is 5.50. The minimum absolute atomic E-state index is 0.0452. The number of para-hydroxylation sites is 2. The van der Waals surface area contributed by atoms with Crippen LogP contribution in [0.2, 0.25) is 5.02 Å². The standard InChI is InChI=1S/C24H24ClN3O2S2/c1-27-18-14-15(25)12-13-20(18)31-23(27)21-22(29)28(16-8-4-3-5-9-16)24(32-21)26-17-10-6-7-11-19(17)30-2/h6-7,10-14,16H,3-5,8-9H2,1-2H3. The van der Waals surface area contributed by atoms with Crippen LogP contribution >= 0.6 is 35.1 Å². The van der Waals surface area contributed by atoms with Crippen molar-refractivity contribution in [1.82, 2.24) is 4.90 Å². The topological polar surface area (TPSA) is 45.1 Å². The SMILES string of the molecule is COc1ccccc1N=C1SC(=C2Sc3ccc(Cl)cc3N2C)C(=O)N1C1CCCCC1. The number of aliphatic imine (C=N–C) groups is 1. The lowest BCUT2D eigenvalue weighted by Gasteiger charge is -2.30. The summed E-state index contributed by atoms with van der Waals surface area (Å²) in [6.07, 6.45) is 5.54. The van der Waals surface area contributed by atoms with Gasteiger partial charge in [-0.25, -0.2) is 4.99 Å². The first kappa shape index (κ1) is 21.7. The Morgan fingerprint density at radius 3 is 2.66 bits per heavy atom. The van der Waals surface area contributed by atoms with Gasteiger partial charge in [-0.2, -0.15) is 0 Å². The maximum atomic E-state index is 13.8. The second kappa shape index (κ2) is 9.04. The van der Waals surface area contributed by atoms with Gasteiger partial charge in [-0.15, -0.1) is 0 Å². The number of nitrogens with zero attached hydrogens (tertiary/aromatic N) is 3. The van der Waals surface area contributed by atoms with Crippen LogP contribution in [-0.4, -0.2) is 36.2 Å². The van der Waals surface area contributed by atoms with Crippen molar-refractivity contribution >= 4 is 57.6 Å². The van der Waals surface area contributed by atoms with Crippen LogP contribution in [-0.2, 0) is 4.79 Å². The Morgan fingerprint density at radius 1 is 1.09 bits per heavy atom. The Kier molecular flexibility index (Phi) is 6.14. The molecule has 0 unspecified atom stereocenters. The predicted octanol–water partition coefficient (Wildman–Crippen LogP) is 6.66. The average molecular weight is 486 g/mol. The number of carbonyl (C=O) groups excluding carboxylic acids is 1. The molecule has 0 aromatic heterocycles. The number of rotatable bonds is 3. The van der Waals surface area contributed by atoms with Crippen molar-refractivity contribution in [2.45, 2.75) is 43.0 Å². The van der Waals surface area contributed by atoms with Crippen molar-refractivity contribution < 1.29 is 9.53 Å². The van der Waals surface area contributed by atoms with Gasteiger partial charge in [0.25, 0.3) is 5.91 Å². The molecule has 0 N–H and O–H groups in total. The van der Waals surface area contributed by atoms with Crippen LogP contribution in [0.5, 0.6) is 5.75 Å². The molecule has 2 heterocycles. The van der Waals surface area contributed by atoms with Gasteiger partial charge >= 0.3 is 0 Å². The van der Waals surface area contributed by atoms with Gasteiger partial charge in [0.15, 0.2) is 5.17 Å². The predicted molar refractivity (Wildman–Crippen MR) is 134 cm³/mol. The summed E-state index contributed by atoms with van der Waals surface area (Å²) in [4.78, 5) is 24.5. The molecule has 1 amide bonds. The maximum absolute atomic E-state index is 13.8. The van der Waals surface area contributed by atoms with Gasteiger partial charge in [-0.3, -0.25) is 9.69 Å². The number of methoxy groups -OCH3 is 1. The Hall–Kier alpha value is -2.09. The molecule has 0 radical (unpaired) electrons. The summed E-state index contributed by atoms with van der Waals surface area (Å²) in [5, 5.41) is 2.36. The summed E-state index contributed by atoms with van der Waals surface area (Å²) in [5.41, 5.74) is 1.76. The van der Waals surface area contributed by atoms with E-state index in [0.717, 1.165) is 57.1 Å². The third-order valence-electron chi connectivity index (χ3n) is 6.04. The minimum atomic E-state index is 0.0452. The van der Waals surface area contributed by atoms with Crippen LogP contribution in [0.4, 0.5) is 11.4 Å². The van der Waals surface area contributed by atoms with Crippen molar-refractivity contribution in [2.24, 2.45) is 4.99 Å². The molecule has 1 saturated heterocycles. The molecule has 2 aromatic carbocycles. The monoisotopic (exact) mass is 485 g/mol. The van der Waals surface area contributed by atoms with E-state index < -0.39 is 0 Å². The Bertz CT molecular complexity index is 1130. The molecule has 5 nitrogen and oxygen atoms in total. The third kappa shape index (κ3) is 3.91. The summed E-state index contributed by atoms with van der Waals surface area (Å²) in [7, 11) is 3.64. The van der Waals surface area contributed by atoms with Crippen molar-refractivity contribution in [3.8, 4) is 5.75 Å². The quantitative estimate of drug-likeness (QED) is 0.455. The smallest absolute Gasteiger partial charge is 0.269 e. The molecular weight excluding hydrogens is 462 g/mol. The van der Waals surface area contributed by atoms with E-state index in [-0.39, 0.29) is 11.9 Å².